The van der Waals surface area contributed by atoms with Gasteiger partial charge in [0.25, 0.3) is 0 Å². The van der Waals surface area contributed by atoms with Gasteiger partial charge in [-0.05, 0) is 49.1 Å². The molecular weight excluding hydrogens is 220 g/mol. The Morgan fingerprint density at radius 1 is 1.17 bits per heavy atom. The topological polar surface area (TPSA) is 24.9 Å². The van der Waals surface area contributed by atoms with Crippen molar-refractivity contribution in [2.75, 3.05) is 0 Å². The summed E-state index contributed by atoms with van der Waals surface area (Å²) in [6, 6.07) is 11.0. The lowest BCUT2D eigenvalue weighted by molar-refractivity contribution is 0.573. The van der Waals surface area contributed by atoms with E-state index in [1.807, 2.05) is 12.3 Å². The molecule has 0 radical (unpaired) electrons. The average molecular weight is 240 g/mol. The highest BCUT2D eigenvalue weighted by atomic mass is 14.9. The molecule has 0 saturated heterocycles. The van der Waals surface area contributed by atoms with Gasteiger partial charge < -0.3 is 5.32 Å². The zero-order valence-corrected chi connectivity index (χ0v) is 11.3. The van der Waals surface area contributed by atoms with Crippen molar-refractivity contribution in [3.63, 3.8) is 0 Å². The second kappa shape index (κ2) is 5.78. The quantitative estimate of drug-likeness (QED) is 0.884. The fourth-order valence-corrected chi connectivity index (χ4v) is 1.93. The van der Waals surface area contributed by atoms with Crippen LogP contribution in [-0.2, 0) is 6.54 Å². The van der Waals surface area contributed by atoms with Crippen molar-refractivity contribution in [1.29, 1.82) is 0 Å². The third-order valence-corrected chi connectivity index (χ3v) is 3.37. The first-order chi connectivity index (χ1) is 8.66. The highest BCUT2D eigenvalue weighted by Crippen LogP contribution is 2.13. The van der Waals surface area contributed by atoms with E-state index in [4.69, 9.17) is 0 Å². The van der Waals surface area contributed by atoms with Gasteiger partial charge in [0.15, 0.2) is 0 Å². The number of hydrogen-bond donors (Lipinski definition) is 1. The summed E-state index contributed by atoms with van der Waals surface area (Å²) >= 11 is 0. The maximum Gasteiger partial charge on any atom is 0.0315 e. The molecule has 0 saturated carbocycles. The third kappa shape index (κ3) is 3.17. The van der Waals surface area contributed by atoms with E-state index in [1.165, 1.54) is 22.3 Å². The van der Waals surface area contributed by atoms with E-state index in [2.05, 4.69) is 55.3 Å². The number of hydrogen-bond acceptors (Lipinski definition) is 2. The van der Waals surface area contributed by atoms with Gasteiger partial charge in [-0.2, -0.15) is 0 Å². The molecule has 2 rings (SSSR count). The van der Waals surface area contributed by atoms with E-state index < -0.39 is 0 Å². The molecule has 94 valence electrons. The lowest BCUT2D eigenvalue weighted by Gasteiger charge is -2.14. The van der Waals surface area contributed by atoms with Crippen LogP contribution in [-0.4, -0.2) is 4.98 Å². The van der Waals surface area contributed by atoms with Crippen molar-refractivity contribution in [2.45, 2.75) is 33.4 Å². The summed E-state index contributed by atoms with van der Waals surface area (Å²) in [5.41, 5.74) is 5.25. The monoisotopic (exact) mass is 240 g/mol. The Bertz CT molecular complexity index is 506. The molecule has 0 amide bonds. The maximum atomic E-state index is 4.15. The molecule has 0 fully saturated rings. The number of rotatable bonds is 4. The molecule has 1 aromatic carbocycles. The van der Waals surface area contributed by atoms with Crippen molar-refractivity contribution in [3.8, 4) is 0 Å². The van der Waals surface area contributed by atoms with E-state index in [9.17, 15) is 0 Å². The molecule has 1 atom stereocenters. The molecule has 0 aliphatic heterocycles. The number of pyridine rings is 1. The standard InChI is InChI=1S/C16H20N2/c1-12-6-7-15(9-13(12)2)10-18-14(3)16-5-4-8-17-11-16/h4-9,11,14,18H,10H2,1-3H3/t14-/m1/s1. The van der Waals surface area contributed by atoms with Crippen LogP contribution >= 0.6 is 0 Å². The predicted molar refractivity (Wildman–Crippen MR) is 75.4 cm³/mol. The van der Waals surface area contributed by atoms with Crippen molar-refractivity contribution in [1.82, 2.24) is 10.3 Å². The molecule has 2 nitrogen and oxygen atoms in total. The summed E-state index contributed by atoms with van der Waals surface area (Å²) in [6.07, 6.45) is 3.72. The summed E-state index contributed by atoms with van der Waals surface area (Å²) in [6.45, 7) is 7.35. The van der Waals surface area contributed by atoms with Gasteiger partial charge in [0, 0.05) is 25.0 Å². The number of nitrogens with one attached hydrogen (secondary N) is 1. The molecule has 0 aliphatic rings. The van der Waals surface area contributed by atoms with Crippen LogP contribution in [0.15, 0.2) is 42.7 Å². The first kappa shape index (κ1) is 12.8. The van der Waals surface area contributed by atoms with Crippen LogP contribution in [0.25, 0.3) is 0 Å². The normalized spacial score (nSPS) is 12.4. The summed E-state index contributed by atoms with van der Waals surface area (Å²) in [5.74, 6) is 0. The van der Waals surface area contributed by atoms with Gasteiger partial charge in [0.05, 0.1) is 0 Å². The Morgan fingerprint density at radius 2 is 2.00 bits per heavy atom. The Labute approximate surface area is 109 Å². The molecular formula is C16H20N2. The Hall–Kier alpha value is -1.67. The minimum Gasteiger partial charge on any atom is -0.306 e. The second-order valence-electron chi connectivity index (χ2n) is 4.81. The fraction of sp³-hybridized carbons (Fsp3) is 0.312. The van der Waals surface area contributed by atoms with Crippen LogP contribution in [0.1, 0.15) is 35.2 Å². The molecule has 2 aromatic rings. The summed E-state index contributed by atoms with van der Waals surface area (Å²) in [7, 11) is 0. The van der Waals surface area contributed by atoms with Crippen LogP contribution in [0.5, 0.6) is 0 Å². The highest BCUT2D eigenvalue weighted by Gasteiger charge is 2.04. The molecule has 1 heterocycles. The Balaban J connectivity index is 1.97. The summed E-state index contributed by atoms with van der Waals surface area (Å²) in [5, 5.41) is 3.52. The Morgan fingerprint density at radius 3 is 2.67 bits per heavy atom. The molecule has 2 heteroatoms. The SMILES string of the molecule is Cc1ccc(CN[C@H](C)c2cccnc2)cc1C. The van der Waals surface area contributed by atoms with E-state index in [0.29, 0.717) is 6.04 Å². The van der Waals surface area contributed by atoms with E-state index in [-0.39, 0.29) is 0 Å². The van der Waals surface area contributed by atoms with Crippen LogP contribution in [0.4, 0.5) is 0 Å². The van der Waals surface area contributed by atoms with Gasteiger partial charge in [0.2, 0.25) is 0 Å². The molecule has 1 N–H and O–H groups in total. The molecule has 0 spiro atoms. The lowest BCUT2D eigenvalue weighted by atomic mass is 10.1. The van der Waals surface area contributed by atoms with Gasteiger partial charge in [0.1, 0.15) is 0 Å². The average Bonchev–Trinajstić information content (AvgIpc) is 2.41. The van der Waals surface area contributed by atoms with Crippen LogP contribution in [0.2, 0.25) is 0 Å². The first-order valence-corrected chi connectivity index (χ1v) is 6.36. The molecule has 18 heavy (non-hydrogen) atoms. The first-order valence-electron chi connectivity index (χ1n) is 6.36. The lowest BCUT2D eigenvalue weighted by Crippen LogP contribution is -2.18. The number of aromatic nitrogens is 1. The van der Waals surface area contributed by atoms with Crippen molar-refractivity contribution < 1.29 is 0 Å². The largest absolute Gasteiger partial charge is 0.306 e. The summed E-state index contributed by atoms with van der Waals surface area (Å²) in [4.78, 5) is 4.15. The zero-order valence-electron chi connectivity index (χ0n) is 11.3. The smallest absolute Gasteiger partial charge is 0.0315 e. The minimum atomic E-state index is 0.320. The van der Waals surface area contributed by atoms with Crippen molar-refractivity contribution in [3.05, 3.63) is 65.0 Å². The second-order valence-corrected chi connectivity index (χ2v) is 4.81. The minimum absolute atomic E-state index is 0.320. The molecule has 1 aromatic heterocycles. The van der Waals surface area contributed by atoms with Gasteiger partial charge in [-0.25, -0.2) is 0 Å². The highest BCUT2D eigenvalue weighted by molar-refractivity contribution is 5.30. The third-order valence-electron chi connectivity index (χ3n) is 3.37. The van der Waals surface area contributed by atoms with E-state index in [1.54, 1.807) is 6.20 Å². The van der Waals surface area contributed by atoms with E-state index in [0.717, 1.165) is 6.54 Å². The molecule has 0 aliphatic carbocycles. The Kier molecular flexibility index (Phi) is 4.11. The zero-order chi connectivity index (χ0) is 13.0. The van der Waals surface area contributed by atoms with Crippen molar-refractivity contribution >= 4 is 0 Å². The van der Waals surface area contributed by atoms with Crippen LogP contribution in [0, 0.1) is 13.8 Å². The van der Waals surface area contributed by atoms with Crippen LogP contribution < -0.4 is 5.32 Å². The van der Waals surface area contributed by atoms with Gasteiger partial charge in [-0.3, -0.25) is 4.98 Å². The van der Waals surface area contributed by atoms with E-state index >= 15 is 0 Å². The molecule has 0 unspecified atom stereocenters. The molecule has 0 bridgehead atoms. The summed E-state index contributed by atoms with van der Waals surface area (Å²) < 4.78 is 0. The van der Waals surface area contributed by atoms with Gasteiger partial charge in [-0.15, -0.1) is 0 Å². The number of aryl methyl sites for hydroxylation is 2. The maximum absolute atomic E-state index is 4.15. The van der Waals surface area contributed by atoms with Gasteiger partial charge >= 0.3 is 0 Å². The van der Waals surface area contributed by atoms with Crippen LogP contribution in [0.3, 0.4) is 0 Å². The predicted octanol–water partition coefficient (Wildman–Crippen LogP) is 3.55. The number of nitrogens with zero attached hydrogens (tertiary/aromatic N) is 1. The van der Waals surface area contributed by atoms with Gasteiger partial charge in [-0.1, -0.05) is 24.3 Å². The fourth-order valence-electron chi connectivity index (χ4n) is 1.93. The van der Waals surface area contributed by atoms with Crippen molar-refractivity contribution in [2.24, 2.45) is 0 Å². The number of benzene rings is 1.